The first kappa shape index (κ1) is 37.7. The Morgan fingerprint density at radius 2 is 1.18 bits per heavy atom. The average molecular weight is 871 g/mol. The molecule has 0 fully saturated rings. The first-order valence-corrected chi connectivity index (χ1v) is 23.7. The number of anilines is 8. The van der Waals surface area contributed by atoms with E-state index >= 15 is 0 Å². The summed E-state index contributed by atoms with van der Waals surface area (Å²) >= 11 is 0. The van der Waals surface area contributed by atoms with E-state index in [4.69, 9.17) is 4.74 Å². The molecule has 5 nitrogen and oxygen atoms in total. The summed E-state index contributed by atoms with van der Waals surface area (Å²) in [7, 11) is 0. The van der Waals surface area contributed by atoms with Gasteiger partial charge in [-0.15, -0.1) is 0 Å². The zero-order valence-electron chi connectivity index (χ0n) is 37.9. The summed E-state index contributed by atoms with van der Waals surface area (Å²) in [5, 5.41) is 5.07. The third kappa shape index (κ3) is 4.91. The zero-order chi connectivity index (χ0) is 45.0. The monoisotopic (exact) mass is 870 g/mol. The highest BCUT2D eigenvalue weighted by molar-refractivity contribution is 6.94. The molecule has 320 valence electrons. The zero-order valence-corrected chi connectivity index (χ0v) is 37.9. The maximum Gasteiger partial charge on any atom is 0.333 e. The molecule has 0 amide bonds. The van der Waals surface area contributed by atoms with Gasteiger partial charge in [-0.25, -0.2) is 0 Å². The van der Waals surface area contributed by atoms with Crippen LogP contribution in [0, 0.1) is 6.92 Å². The van der Waals surface area contributed by atoms with Gasteiger partial charge in [-0.2, -0.15) is 0 Å². The number of nitrogens with zero attached hydrogens (tertiary/aromatic N) is 4. The van der Waals surface area contributed by atoms with E-state index in [-0.39, 0.29) is 12.3 Å². The molecule has 1 aromatic heterocycles. The quantitative estimate of drug-likeness (QED) is 0.161. The molecule has 68 heavy (non-hydrogen) atoms. The van der Waals surface area contributed by atoms with Crippen LogP contribution in [0.2, 0.25) is 0 Å². The fourth-order valence-corrected chi connectivity index (χ4v) is 12.5. The van der Waals surface area contributed by atoms with Crippen LogP contribution in [0.4, 0.5) is 45.5 Å². The van der Waals surface area contributed by atoms with E-state index in [0.717, 1.165) is 45.6 Å². The lowest BCUT2D eigenvalue weighted by Crippen LogP contribution is -2.61. The van der Waals surface area contributed by atoms with E-state index in [1.54, 1.807) is 0 Å². The normalized spacial score (nSPS) is 14.2. The first-order valence-electron chi connectivity index (χ1n) is 23.7. The van der Waals surface area contributed by atoms with Crippen molar-refractivity contribution in [3.8, 4) is 28.3 Å². The Bertz CT molecular complexity index is 3870. The Labute approximate surface area is 395 Å². The predicted octanol–water partition coefficient (Wildman–Crippen LogP) is 15.2. The standard InChI is InChI=1S/C62H43BN4O/c1-38-29-31-42(32-30-38)67-50-34-33-43(64(40-18-6-4-7-19-40)41-20-8-5-9-21-41)36-45(50)46-37-53(65-51-25-12-14-27-54(51)68-55-28-15-13-26-52(55)65)56-47-35-39-17-10-11-22-44(39)57-59(47)66-60-48(62(57,2)3)23-16-24-49(60)63(67)58(46)61(56)66/h4-37H,1-3H3. The van der Waals surface area contributed by atoms with E-state index < -0.39 is 0 Å². The van der Waals surface area contributed by atoms with Crippen LogP contribution in [0.3, 0.4) is 0 Å². The second-order valence-corrected chi connectivity index (χ2v) is 19.3. The van der Waals surface area contributed by atoms with Gasteiger partial charge in [-0.05, 0) is 136 Å². The van der Waals surface area contributed by atoms with Crippen LogP contribution in [-0.2, 0) is 5.41 Å². The van der Waals surface area contributed by atoms with Crippen LogP contribution < -0.4 is 30.3 Å². The molecule has 0 aliphatic carbocycles. The summed E-state index contributed by atoms with van der Waals surface area (Å²) in [5.74, 6) is 1.68. The molecule has 0 unspecified atom stereocenters. The summed E-state index contributed by atoms with van der Waals surface area (Å²) in [6, 6.07) is 76.0. The van der Waals surface area contributed by atoms with E-state index in [1.165, 1.54) is 88.4 Å². The Hall–Kier alpha value is -8.48. The number of fused-ring (bicyclic) bond motifs is 8. The van der Waals surface area contributed by atoms with Crippen LogP contribution >= 0.6 is 0 Å². The molecule has 4 aliphatic heterocycles. The number of benzene rings is 10. The number of hydrogen-bond donors (Lipinski definition) is 0. The van der Waals surface area contributed by atoms with Crippen LogP contribution in [0.1, 0.15) is 30.5 Å². The molecule has 0 saturated carbocycles. The van der Waals surface area contributed by atoms with Gasteiger partial charge in [-0.1, -0.05) is 135 Å². The molecule has 0 radical (unpaired) electrons. The summed E-state index contributed by atoms with van der Waals surface area (Å²) < 4.78 is 9.42. The van der Waals surface area contributed by atoms with Crippen molar-refractivity contribution in [1.29, 1.82) is 0 Å². The van der Waals surface area contributed by atoms with Gasteiger partial charge in [0, 0.05) is 55.9 Å². The Morgan fingerprint density at radius 3 is 1.90 bits per heavy atom. The summed E-state index contributed by atoms with van der Waals surface area (Å²) in [6.45, 7) is 6.95. The van der Waals surface area contributed by atoms with Crippen molar-refractivity contribution in [2.75, 3.05) is 14.6 Å². The van der Waals surface area contributed by atoms with E-state index in [9.17, 15) is 0 Å². The minimum absolute atomic E-state index is 0.121. The SMILES string of the molecule is Cc1ccc(N2B3c4cccc5c4-n4c6c(c7ccccc7cc6c6c(N7c8ccccc8Oc8ccccc87)cc(c3c64)-c3cc(N(c4ccccc4)c4ccccc4)ccc32)C5(C)C)cc1. The maximum absolute atomic E-state index is 6.73. The number of para-hydroxylation sites is 7. The van der Waals surface area contributed by atoms with Crippen molar-refractivity contribution in [1.82, 2.24) is 4.57 Å². The highest BCUT2D eigenvalue weighted by Gasteiger charge is 2.49. The van der Waals surface area contributed by atoms with E-state index in [0.29, 0.717) is 0 Å². The molecule has 0 bridgehead atoms. The van der Waals surface area contributed by atoms with Crippen molar-refractivity contribution in [2.24, 2.45) is 0 Å². The number of rotatable bonds is 5. The van der Waals surface area contributed by atoms with Gasteiger partial charge in [-0.3, -0.25) is 0 Å². The molecule has 15 rings (SSSR count). The van der Waals surface area contributed by atoms with Crippen LogP contribution in [0.5, 0.6) is 11.5 Å². The molecule has 0 saturated heterocycles. The largest absolute Gasteiger partial charge is 0.453 e. The lowest BCUT2D eigenvalue weighted by Gasteiger charge is -2.45. The fourth-order valence-electron chi connectivity index (χ4n) is 12.5. The molecule has 4 aliphatic rings. The number of hydrogen-bond acceptors (Lipinski definition) is 4. The number of aryl methyl sites for hydroxylation is 1. The van der Waals surface area contributed by atoms with Crippen LogP contribution in [0.15, 0.2) is 206 Å². The van der Waals surface area contributed by atoms with Gasteiger partial charge < -0.3 is 23.9 Å². The topological polar surface area (TPSA) is 23.9 Å². The highest BCUT2D eigenvalue weighted by atomic mass is 16.5. The molecule has 5 heterocycles. The van der Waals surface area contributed by atoms with Gasteiger partial charge in [0.1, 0.15) is 0 Å². The Morgan fingerprint density at radius 1 is 0.515 bits per heavy atom. The molecule has 0 atom stereocenters. The Balaban J connectivity index is 1.16. The van der Waals surface area contributed by atoms with Crippen molar-refractivity contribution in [3.63, 3.8) is 0 Å². The lowest BCUT2D eigenvalue weighted by atomic mass is 9.43. The third-order valence-electron chi connectivity index (χ3n) is 15.3. The second kappa shape index (κ2) is 13.6. The highest BCUT2D eigenvalue weighted by Crippen LogP contribution is 2.58. The molecule has 0 N–H and O–H groups in total. The molecular formula is C62H43BN4O. The Kier molecular flexibility index (Phi) is 7.52. The molecule has 6 heteroatoms. The summed E-state index contributed by atoms with van der Waals surface area (Å²) in [6.07, 6.45) is 0. The first-order chi connectivity index (χ1) is 33.4. The van der Waals surface area contributed by atoms with Crippen molar-refractivity contribution >= 4 is 95.9 Å². The minimum atomic E-state index is -0.304. The van der Waals surface area contributed by atoms with Gasteiger partial charge in [0.2, 0.25) is 0 Å². The van der Waals surface area contributed by atoms with Crippen molar-refractivity contribution in [2.45, 2.75) is 26.2 Å². The van der Waals surface area contributed by atoms with Gasteiger partial charge in [0.15, 0.2) is 11.5 Å². The minimum Gasteiger partial charge on any atom is -0.453 e. The van der Waals surface area contributed by atoms with Crippen molar-refractivity contribution < 1.29 is 4.74 Å². The second-order valence-electron chi connectivity index (χ2n) is 19.3. The number of aromatic nitrogens is 1. The predicted molar refractivity (Wildman–Crippen MR) is 284 cm³/mol. The van der Waals surface area contributed by atoms with Crippen molar-refractivity contribution in [3.05, 3.63) is 223 Å². The van der Waals surface area contributed by atoms with E-state index in [1.807, 2.05) is 0 Å². The smallest absolute Gasteiger partial charge is 0.333 e. The summed E-state index contributed by atoms with van der Waals surface area (Å²) in [5.41, 5.74) is 21.4. The van der Waals surface area contributed by atoms with Gasteiger partial charge in [0.05, 0.1) is 28.1 Å². The summed E-state index contributed by atoms with van der Waals surface area (Å²) in [4.78, 5) is 7.52. The lowest BCUT2D eigenvalue weighted by molar-refractivity contribution is 0.477. The molecule has 10 aromatic carbocycles. The number of ether oxygens (including phenoxy) is 1. The third-order valence-corrected chi connectivity index (χ3v) is 15.3. The van der Waals surface area contributed by atoms with Gasteiger partial charge >= 0.3 is 6.85 Å². The maximum atomic E-state index is 6.73. The molecule has 0 spiro atoms. The molecule has 11 aromatic rings. The van der Waals surface area contributed by atoms with Gasteiger partial charge in [0.25, 0.3) is 0 Å². The van der Waals surface area contributed by atoms with Crippen LogP contribution in [-0.4, -0.2) is 11.4 Å². The van der Waals surface area contributed by atoms with Crippen LogP contribution in [0.25, 0.3) is 49.4 Å². The fraction of sp³-hybridized carbons (Fsp3) is 0.0645. The van der Waals surface area contributed by atoms with E-state index in [2.05, 4.69) is 246 Å². The molecular weight excluding hydrogens is 828 g/mol. The average Bonchev–Trinajstić information content (AvgIpc) is 3.72.